The molecular weight excluding hydrogens is 294 g/mol. The maximum Gasteiger partial charge on any atom is 0.126 e. The highest BCUT2D eigenvalue weighted by molar-refractivity contribution is 7.16. The van der Waals surface area contributed by atoms with Gasteiger partial charge in [-0.3, -0.25) is 0 Å². The second kappa shape index (κ2) is 6.97. The first-order chi connectivity index (χ1) is 9.58. The smallest absolute Gasteiger partial charge is 0.126 e. The van der Waals surface area contributed by atoms with Crippen molar-refractivity contribution in [3.05, 3.63) is 45.1 Å². The first-order valence-electron chi connectivity index (χ1n) is 6.38. The molecule has 0 aliphatic heterocycles. The Kier molecular flexibility index (Phi) is 5.29. The number of halogens is 1. The molecule has 108 valence electrons. The van der Waals surface area contributed by atoms with Gasteiger partial charge < -0.3 is 15.2 Å². The van der Waals surface area contributed by atoms with E-state index >= 15 is 0 Å². The summed E-state index contributed by atoms with van der Waals surface area (Å²) in [6, 6.07) is 9.75. The lowest BCUT2D eigenvalue weighted by Gasteiger charge is -2.14. The third kappa shape index (κ3) is 4.13. The van der Waals surface area contributed by atoms with Crippen molar-refractivity contribution in [3.63, 3.8) is 0 Å². The molecule has 20 heavy (non-hydrogen) atoms. The molecule has 0 spiro atoms. The molecule has 2 aromatic rings. The summed E-state index contributed by atoms with van der Waals surface area (Å²) in [6.45, 7) is 2.48. The predicted octanol–water partition coefficient (Wildman–Crippen LogP) is 3.88. The van der Waals surface area contributed by atoms with Crippen molar-refractivity contribution in [2.24, 2.45) is 5.73 Å². The Bertz CT molecular complexity index is 569. The van der Waals surface area contributed by atoms with Gasteiger partial charge in [0.05, 0.1) is 11.4 Å². The van der Waals surface area contributed by atoms with Crippen LogP contribution in [-0.2, 0) is 13.0 Å². The fraction of sp³-hybridized carbons (Fsp3) is 0.333. The third-order valence-corrected chi connectivity index (χ3v) is 4.02. The van der Waals surface area contributed by atoms with Gasteiger partial charge in [-0.05, 0) is 37.1 Å². The highest BCUT2D eigenvalue weighted by Gasteiger charge is 2.09. The summed E-state index contributed by atoms with van der Waals surface area (Å²) in [4.78, 5) is 1.09. The van der Waals surface area contributed by atoms with E-state index in [4.69, 9.17) is 26.8 Å². The highest BCUT2D eigenvalue weighted by Crippen LogP contribution is 2.28. The van der Waals surface area contributed by atoms with Crippen LogP contribution >= 0.6 is 22.9 Å². The minimum Gasteiger partial charge on any atom is -0.497 e. The molecule has 1 atom stereocenters. The minimum atomic E-state index is 0.0851. The van der Waals surface area contributed by atoms with Crippen LogP contribution in [0.1, 0.15) is 17.4 Å². The summed E-state index contributed by atoms with van der Waals surface area (Å²) < 4.78 is 11.9. The van der Waals surface area contributed by atoms with Gasteiger partial charge in [-0.25, -0.2) is 0 Å². The summed E-state index contributed by atoms with van der Waals surface area (Å²) in [5.41, 5.74) is 6.96. The van der Waals surface area contributed by atoms with E-state index in [-0.39, 0.29) is 6.04 Å². The van der Waals surface area contributed by atoms with Crippen molar-refractivity contribution in [1.82, 2.24) is 0 Å². The first-order valence-corrected chi connectivity index (χ1v) is 7.57. The molecule has 0 radical (unpaired) electrons. The molecule has 1 unspecified atom stereocenters. The van der Waals surface area contributed by atoms with Crippen molar-refractivity contribution < 1.29 is 9.47 Å². The van der Waals surface area contributed by atoms with E-state index in [1.54, 1.807) is 7.11 Å². The lowest BCUT2D eigenvalue weighted by atomic mass is 10.1. The Labute approximate surface area is 128 Å². The van der Waals surface area contributed by atoms with E-state index in [9.17, 15) is 0 Å². The summed E-state index contributed by atoms with van der Waals surface area (Å²) in [5, 5.41) is 0. The molecule has 0 aliphatic rings. The van der Waals surface area contributed by atoms with Crippen molar-refractivity contribution in [3.8, 4) is 11.5 Å². The number of nitrogens with two attached hydrogens (primary N) is 1. The van der Waals surface area contributed by atoms with Crippen LogP contribution in [0, 0.1) is 0 Å². The van der Waals surface area contributed by atoms with Gasteiger partial charge in [-0.15, -0.1) is 11.3 Å². The van der Waals surface area contributed by atoms with E-state index < -0.39 is 0 Å². The topological polar surface area (TPSA) is 44.5 Å². The zero-order chi connectivity index (χ0) is 14.5. The number of benzene rings is 1. The van der Waals surface area contributed by atoms with Gasteiger partial charge in [0.25, 0.3) is 0 Å². The van der Waals surface area contributed by atoms with Gasteiger partial charge in [0.15, 0.2) is 0 Å². The monoisotopic (exact) mass is 311 g/mol. The van der Waals surface area contributed by atoms with Gasteiger partial charge in [-0.2, -0.15) is 0 Å². The molecule has 0 saturated carbocycles. The number of hydrogen-bond donors (Lipinski definition) is 1. The quantitative estimate of drug-likeness (QED) is 0.880. The lowest BCUT2D eigenvalue weighted by molar-refractivity contribution is 0.303. The summed E-state index contributed by atoms with van der Waals surface area (Å²) in [5.74, 6) is 1.59. The molecule has 3 nitrogen and oxygen atoms in total. The second-order valence-electron chi connectivity index (χ2n) is 4.65. The largest absolute Gasteiger partial charge is 0.497 e. The third-order valence-electron chi connectivity index (χ3n) is 2.82. The van der Waals surface area contributed by atoms with Gasteiger partial charge in [-0.1, -0.05) is 17.7 Å². The summed E-state index contributed by atoms with van der Waals surface area (Å²) >= 11 is 7.44. The van der Waals surface area contributed by atoms with E-state index in [0.717, 1.165) is 32.7 Å². The zero-order valence-corrected chi connectivity index (χ0v) is 13.1. The van der Waals surface area contributed by atoms with Crippen LogP contribution in [0.4, 0.5) is 0 Å². The lowest BCUT2D eigenvalue weighted by Crippen LogP contribution is -2.18. The van der Waals surface area contributed by atoms with E-state index in [1.165, 1.54) is 11.3 Å². The zero-order valence-electron chi connectivity index (χ0n) is 11.6. The molecule has 5 heteroatoms. The fourth-order valence-electron chi connectivity index (χ4n) is 1.89. The van der Waals surface area contributed by atoms with Crippen LogP contribution in [-0.4, -0.2) is 13.2 Å². The van der Waals surface area contributed by atoms with Crippen molar-refractivity contribution in [2.75, 3.05) is 7.11 Å². The Balaban J connectivity index is 2.14. The van der Waals surface area contributed by atoms with Crippen molar-refractivity contribution in [2.45, 2.75) is 26.0 Å². The van der Waals surface area contributed by atoms with Crippen molar-refractivity contribution in [1.29, 1.82) is 0 Å². The predicted molar refractivity (Wildman–Crippen MR) is 84.0 cm³/mol. The molecule has 2 N–H and O–H groups in total. The number of thiophene rings is 1. The summed E-state index contributed by atoms with van der Waals surface area (Å²) in [7, 11) is 1.64. The van der Waals surface area contributed by atoms with Gasteiger partial charge in [0, 0.05) is 17.0 Å². The number of rotatable bonds is 6. The molecular formula is C15H18ClNO2S. The Morgan fingerprint density at radius 2 is 2.10 bits per heavy atom. The van der Waals surface area contributed by atoms with Crippen LogP contribution in [0.15, 0.2) is 30.3 Å². The SMILES string of the molecule is COc1ccc(CC(C)N)c(OCc2ccc(Cl)s2)c1. The van der Waals surface area contributed by atoms with Crippen LogP contribution in [0.2, 0.25) is 4.34 Å². The molecule has 0 amide bonds. The average Bonchev–Trinajstić information content (AvgIpc) is 2.83. The average molecular weight is 312 g/mol. The van der Waals surface area contributed by atoms with Gasteiger partial charge >= 0.3 is 0 Å². The maximum atomic E-state index is 5.92. The van der Waals surface area contributed by atoms with Gasteiger partial charge in [0.1, 0.15) is 18.1 Å². The Morgan fingerprint density at radius 3 is 2.70 bits per heavy atom. The van der Waals surface area contributed by atoms with Crippen LogP contribution in [0.3, 0.4) is 0 Å². The van der Waals surface area contributed by atoms with Crippen LogP contribution < -0.4 is 15.2 Å². The molecule has 0 aliphatic carbocycles. The molecule has 1 heterocycles. The molecule has 0 saturated heterocycles. The van der Waals surface area contributed by atoms with E-state index in [0.29, 0.717) is 6.61 Å². The maximum absolute atomic E-state index is 5.92. The second-order valence-corrected chi connectivity index (χ2v) is 6.45. The van der Waals surface area contributed by atoms with Crippen LogP contribution in [0.25, 0.3) is 0 Å². The fourth-order valence-corrected chi connectivity index (χ4v) is 2.89. The first kappa shape index (κ1) is 15.2. The standard InChI is InChI=1S/C15H18ClNO2S/c1-10(17)7-11-3-4-12(18-2)8-14(11)19-9-13-5-6-15(16)20-13/h3-6,8,10H,7,9,17H2,1-2H3. The normalized spacial score (nSPS) is 12.2. The Morgan fingerprint density at radius 1 is 1.30 bits per heavy atom. The van der Waals surface area contributed by atoms with Crippen LogP contribution in [0.5, 0.6) is 11.5 Å². The molecule has 1 aromatic heterocycles. The highest BCUT2D eigenvalue weighted by atomic mass is 35.5. The molecule has 0 bridgehead atoms. The number of methoxy groups -OCH3 is 1. The Hall–Kier alpha value is -1.23. The molecule has 2 rings (SSSR count). The number of hydrogen-bond acceptors (Lipinski definition) is 4. The molecule has 0 fully saturated rings. The minimum absolute atomic E-state index is 0.0851. The number of ether oxygens (including phenoxy) is 2. The summed E-state index contributed by atoms with van der Waals surface area (Å²) in [6.07, 6.45) is 0.768. The van der Waals surface area contributed by atoms with E-state index in [2.05, 4.69) is 0 Å². The van der Waals surface area contributed by atoms with Gasteiger partial charge in [0.2, 0.25) is 0 Å². The van der Waals surface area contributed by atoms with Crippen molar-refractivity contribution >= 4 is 22.9 Å². The van der Waals surface area contributed by atoms with E-state index in [1.807, 2.05) is 37.3 Å². The molecule has 1 aromatic carbocycles.